The Bertz CT molecular complexity index is 347. The number of pyridine rings is 1. The van der Waals surface area contributed by atoms with Gasteiger partial charge in [0.2, 0.25) is 0 Å². The van der Waals surface area contributed by atoms with Gasteiger partial charge >= 0.3 is 0 Å². The fourth-order valence-electron chi connectivity index (χ4n) is 2.49. The second-order valence-corrected chi connectivity index (χ2v) is 5.40. The molecule has 0 amide bonds. The third kappa shape index (κ3) is 4.23. The van der Waals surface area contributed by atoms with E-state index in [1.807, 2.05) is 12.3 Å². The number of hydrogen-bond acceptors (Lipinski definition) is 3. The Balaban J connectivity index is 1.86. The Labute approximate surface area is 115 Å². The molecule has 1 N–H and O–H groups in total. The Morgan fingerprint density at radius 2 is 2.17 bits per heavy atom. The van der Waals surface area contributed by atoms with Crippen LogP contribution in [0.1, 0.15) is 25.3 Å². The lowest BCUT2D eigenvalue weighted by molar-refractivity contribution is 0.207. The minimum absolute atomic E-state index is 0.570. The molecule has 4 heteroatoms. The number of rotatable bonds is 5. The predicted octanol–water partition coefficient (Wildman–Crippen LogP) is 2.56. The van der Waals surface area contributed by atoms with Gasteiger partial charge in [0.25, 0.3) is 0 Å². The van der Waals surface area contributed by atoms with Crippen molar-refractivity contribution < 1.29 is 0 Å². The van der Waals surface area contributed by atoms with E-state index in [2.05, 4.69) is 28.2 Å². The molecule has 100 valence electrons. The lowest BCUT2D eigenvalue weighted by Crippen LogP contribution is -2.35. The maximum atomic E-state index is 5.81. The molecule has 1 fully saturated rings. The summed E-state index contributed by atoms with van der Waals surface area (Å²) in [5.74, 6) is 0.839. The van der Waals surface area contributed by atoms with E-state index in [0.717, 1.165) is 19.0 Å². The minimum Gasteiger partial charge on any atom is -0.317 e. The summed E-state index contributed by atoms with van der Waals surface area (Å²) in [7, 11) is 0. The highest BCUT2D eigenvalue weighted by atomic mass is 35.5. The van der Waals surface area contributed by atoms with Gasteiger partial charge < -0.3 is 5.32 Å². The van der Waals surface area contributed by atoms with Crippen molar-refractivity contribution in [2.45, 2.75) is 26.3 Å². The maximum Gasteiger partial charge on any atom is 0.129 e. The smallest absolute Gasteiger partial charge is 0.129 e. The van der Waals surface area contributed by atoms with E-state index in [1.165, 1.54) is 38.0 Å². The molecule has 1 saturated heterocycles. The van der Waals surface area contributed by atoms with Gasteiger partial charge in [-0.25, -0.2) is 4.98 Å². The first-order valence-corrected chi connectivity index (χ1v) is 7.19. The molecule has 0 aliphatic carbocycles. The van der Waals surface area contributed by atoms with Gasteiger partial charge in [-0.1, -0.05) is 24.6 Å². The Morgan fingerprint density at radius 3 is 2.78 bits per heavy atom. The van der Waals surface area contributed by atoms with Crippen LogP contribution in [0.2, 0.25) is 5.15 Å². The molecule has 1 aromatic rings. The molecule has 0 aromatic carbocycles. The number of hydrogen-bond donors (Lipinski definition) is 1. The topological polar surface area (TPSA) is 28.2 Å². The number of nitrogens with one attached hydrogen (secondary N) is 1. The van der Waals surface area contributed by atoms with Crippen LogP contribution in [-0.2, 0) is 6.54 Å². The quantitative estimate of drug-likeness (QED) is 0.831. The highest BCUT2D eigenvalue weighted by Crippen LogP contribution is 2.15. The fraction of sp³-hybridized carbons (Fsp3) is 0.643. The van der Waals surface area contributed by atoms with E-state index in [1.54, 1.807) is 0 Å². The highest BCUT2D eigenvalue weighted by molar-refractivity contribution is 6.29. The minimum atomic E-state index is 0.570. The van der Waals surface area contributed by atoms with E-state index in [4.69, 9.17) is 11.6 Å². The maximum absolute atomic E-state index is 5.81. The summed E-state index contributed by atoms with van der Waals surface area (Å²) in [5.41, 5.74) is 1.25. The van der Waals surface area contributed by atoms with Crippen LogP contribution in [0.25, 0.3) is 0 Å². The van der Waals surface area contributed by atoms with Gasteiger partial charge in [-0.2, -0.15) is 0 Å². The summed E-state index contributed by atoms with van der Waals surface area (Å²) in [6, 6.07) is 3.94. The Kier molecular flexibility index (Phi) is 5.42. The van der Waals surface area contributed by atoms with Crippen LogP contribution >= 0.6 is 11.6 Å². The van der Waals surface area contributed by atoms with E-state index in [-0.39, 0.29) is 0 Å². The van der Waals surface area contributed by atoms with Gasteiger partial charge in [0.05, 0.1) is 0 Å². The van der Waals surface area contributed by atoms with Gasteiger partial charge in [-0.15, -0.1) is 0 Å². The molecule has 0 spiro atoms. The Morgan fingerprint density at radius 1 is 1.39 bits per heavy atom. The van der Waals surface area contributed by atoms with Gasteiger partial charge in [-0.05, 0) is 50.0 Å². The average molecular weight is 268 g/mol. The van der Waals surface area contributed by atoms with Crippen LogP contribution in [0.4, 0.5) is 0 Å². The lowest BCUT2D eigenvalue weighted by atomic mass is 9.97. The number of piperidine rings is 1. The van der Waals surface area contributed by atoms with Crippen LogP contribution in [0, 0.1) is 5.92 Å². The van der Waals surface area contributed by atoms with Crippen molar-refractivity contribution in [3.8, 4) is 0 Å². The van der Waals surface area contributed by atoms with Crippen molar-refractivity contribution in [3.63, 3.8) is 0 Å². The number of halogens is 1. The molecule has 1 aliphatic rings. The first-order valence-electron chi connectivity index (χ1n) is 6.81. The monoisotopic (exact) mass is 267 g/mol. The van der Waals surface area contributed by atoms with Crippen molar-refractivity contribution in [3.05, 3.63) is 29.0 Å². The van der Waals surface area contributed by atoms with Gasteiger partial charge in [0, 0.05) is 19.3 Å². The van der Waals surface area contributed by atoms with E-state index in [0.29, 0.717) is 5.15 Å². The van der Waals surface area contributed by atoms with Crippen molar-refractivity contribution in [2.24, 2.45) is 5.92 Å². The molecule has 2 heterocycles. The van der Waals surface area contributed by atoms with Gasteiger partial charge in [0.15, 0.2) is 0 Å². The van der Waals surface area contributed by atoms with Crippen LogP contribution in [-0.4, -0.2) is 36.1 Å². The second kappa shape index (κ2) is 7.07. The Hall–Kier alpha value is -0.640. The zero-order chi connectivity index (χ0) is 12.8. The number of nitrogens with zero attached hydrogens (tertiary/aromatic N) is 2. The molecule has 0 radical (unpaired) electrons. The third-order valence-corrected chi connectivity index (χ3v) is 3.84. The van der Waals surface area contributed by atoms with Crippen LogP contribution in [0.3, 0.4) is 0 Å². The van der Waals surface area contributed by atoms with Crippen molar-refractivity contribution in [1.82, 2.24) is 15.2 Å². The average Bonchev–Trinajstić information content (AvgIpc) is 2.41. The van der Waals surface area contributed by atoms with Crippen LogP contribution in [0.5, 0.6) is 0 Å². The lowest BCUT2D eigenvalue weighted by Gasteiger charge is -2.29. The zero-order valence-corrected chi connectivity index (χ0v) is 11.8. The van der Waals surface area contributed by atoms with E-state index < -0.39 is 0 Å². The van der Waals surface area contributed by atoms with Gasteiger partial charge in [-0.3, -0.25) is 4.90 Å². The molecule has 18 heavy (non-hydrogen) atoms. The second-order valence-electron chi connectivity index (χ2n) is 5.01. The summed E-state index contributed by atoms with van der Waals surface area (Å²) in [6.07, 6.45) is 4.48. The standard InChI is InChI=1S/C14H22ClN3/c1-2-18(10-12-5-7-16-8-6-12)11-13-3-4-14(15)17-9-13/h3-4,9,12,16H,2,5-8,10-11H2,1H3. The molecule has 1 aliphatic heterocycles. The van der Waals surface area contributed by atoms with Crippen LogP contribution in [0.15, 0.2) is 18.3 Å². The molecule has 0 bridgehead atoms. The van der Waals surface area contributed by atoms with Crippen molar-refractivity contribution in [1.29, 1.82) is 0 Å². The first kappa shape index (κ1) is 13.8. The molecule has 0 unspecified atom stereocenters. The molecule has 0 atom stereocenters. The summed E-state index contributed by atoms with van der Waals surface area (Å²) in [5, 5.41) is 3.99. The van der Waals surface area contributed by atoms with E-state index >= 15 is 0 Å². The summed E-state index contributed by atoms with van der Waals surface area (Å²) in [4.78, 5) is 6.64. The predicted molar refractivity (Wildman–Crippen MR) is 75.8 cm³/mol. The van der Waals surface area contributed by atoms with Crippen molar-refractivity contribution in [2.75, 3.05) is 26.2 Å². The highest BCUT2D eigenvalue weighted by Gasteiger charge is 2.16. The molecule has 1 aromatic heterocycles. The summed E-state index contributed by atoms with van der Waals surface area (Å²) >= 11 is 5.81. The van der Waals surface area contributed by atoms with E-state index in [9.17, 15) is 0 Å². The summed E-state index contributed by atoms with van der Waals surface area (Å²) in [6.45, 7) is 7.83. The first-order chi connectivity index (χ1) is 8.78. The SMILES string of the molecule is CCN(Cc1ccc(Cl)nc1)CC1CCNCC1. The normalized spacial score (nSPS) is 17.3. The molecule has 0 saturated carbocycles. The molecule has 3 nitrogen and oxygen atoms in total. The molecule has 2 rings (SSSR count). The number of aromatic nitrogens is 1. The summed E-state index contributed by atoms with van der Waals surface area (Å²) < 4.78 is 0. The third-order valence-electron chi connectivity index (χ3n) is 3.62. The molecular weight excluding hydrogens is 246 g/mol. The fourth-order valence-corrected chi connectivity index (χ4v) is 2.60. The van der Waals surface area contributed by atoms with Crippen molar-refractivity contribution >= 4 is 11.6 Å². The zero-order valence-electron chi connectivity index (χ0n) is 11.0. The largest absolute Gasteiger partial charge is 0.317 e. The van der Waals surface area contributed by atoms with Crippen LogP contribution < -0.4 is 5.32 Å². The molecular formula is C14H22ClN3. The van der Waals surface area contributed by atoms with Gasteiger partial charge in [0.1, 0.15) is 5.15 Å².